The zero-order chi connectivity index (χ0) is 11.5. The van der Waals surface area contributed by atoms with E-state index in [1.165, 1.54) is 13.0 Å². The highest BCUT2D eigenvalue weighted by atomic mass is 19.1. The number of nitrogens with zero attached hydrogens (tertiary/aromatic N) is 1. The molecule has 86 valence electrons. The SMILES string of the molecule is CC(=O)c1cccc(F)c1N1CCOCC1. The Kier molecular flexibility index (Phi) is 3.19. The van der Waals surface area contributed by atoms with Crippen LogP contribution in [0.15, 0.2) is 18.2 Å². The molecule has 0 saturated carbocycles. The molecular weight excluding hydrogens is 209 g/mol. The molecule has 0 spiro atoms. The lowest BCUT2D eigenvalue weighted by Gasteiger charge is -2.30. The maximum Gasteiger partial charge on any atom is 0.161 e. The molecule has 0 unspecified atom stereocenters. The molecule has 16 heavy (non-hydrogen) atoms. The van der Waals surface area contributed by atoms with Gasteiger partial charge in [-0.1, -0.05) is 6.07 Å². The highest BCUT2D eigenvalue weighted by Gasteiger charge is 2.20. The lowest BCUT2D eigenvalue weighted by atomic mass is 10.1. The van der Waals surface area contributed by atoms with Gasteiger partial charge in [0, 0.05) is 18.7 Å². The van der Waals surface area contributed by atoms with Gasteiger partial charge in [-0.25, -0.2) is 4.39 Å². The standard InChI is InChI=1S/C12H14FNO2/c1-9(15)10-3-2-4-11(13)12(10)14-5-7-16-8-6-14/h2-4H,5-8H2,1H3. The third-order valence-corrected chi connectivity index (χ3v) is 2.69. The van der Waals surface area contributed by atoms with Gasteiger partial charge in [-0.05, 0) is 19.1 Å². The number of Topliss-reactive ketones (excluding diaryl/α,β-unsaturated/α-hetero) is 1. The van der Waals surface area contributed by atoms with Crippen molar-refractivity contribution in [3.05, 3.63) is 29.6 Å². The van der Waals surface area contributed by atoms with Crippen LogP contribution in [0.5, 0.6) is 0 Å². The van der Waals surface area contributed by atoms with Crippen LogP contribution >= 0.6 is 0 Å². The molecule has 1 aliphatic heterocycles. The van der Waals surface area contributed by atoms with Crippen LogP contribution in [0.25, 0.3) is 0 Å². The van der Waals surface area contributed by atoms with E-state index in [-0.39, 0.29) is 11.6 Å². The van der Waals surface area contributed by atoms with E-state index in [0.717, 1.165) is 0 Å². The summed E-state index contributed by atoms with van der Waals surface area (Å²) in [6.45, 7) is 3.86. The molecular formula is C12H14FNO2. The third-order valence-electron chi connectivity index (χ3n) is 2.69. The Morgan fingerprint density at radius 1 is 1.38 bits per heavy atom. The van der Waals surface area contributed by atoms with Gasteiger partial charge in [0.25, 0.3) is 0 Å². The number of morpholine rings is 1. The van der Waals surface area contributed by atoms with Crippen LogP contribution in [-0.4, -0.2) is 32.1 Å². The molecule has 0 amide bonds. The van der Waals surface area contributed by atoms with E-state index in [9.17, 15) is 9.18 Å². The summed E-state index contributed by atoms with van der Waals surface area (Å²) in [6.07, 6.45) is 0. The van der Waals surface area contributed by atoms with Gasteiger partial charge >= 0.3 is 0 Å². The average molecular weight is 223 g/mol. The monoisotopic (exact) mass is 223 g/mol. The van der Waals surface area contributed by atoms with Crippen LogP contribution in [0.4, 0.5) is 10.1 Å². The maximum absolute atomic E-state index is 13.8. The summed E-state index contributed by atoms with van der Waals surface area (Å²) in [5.41, 5.74) is 0.861. The number of carbonyl (C=O) groups excluding carboxylic acids is 1. The molecule has 0 aliphatic carbocycles. The van der Waals surface area contributed by atoms with Gasteiger partial charge in [0.2, 0.25) is 0 Å². The Labute approximate surface area is 93.8 Å². The number of hydrogen-bond donors (Lipinski definition) is 0. The molecule has 1 heterocycles. The highest BCUT2D eigenvalue weighted by Crippen LogP contribution is 2.25. The number of rotatable bonds is 2. The van der Waals surface area contributed by atoms with E-state index in [0.29, 0.717) is 37.6 Å². The molecule has 3 nitrogen and oxygen atoms in total. The van der Waals surface area contributed by atoms with E-state index in [1.807, 2.05) is 4.90 Å². The predicted molar refractivity (Wildman–Crippen MR) is 59.4 cm³/mol. The minimum Gasteiger partial charge on any atom is -0.378 e. The van der Waals surface area contributed by atoms with Crippen molar-refractivity contribution in [2.24, 2.45) is 0 Å². The quantitative estimate of drug-likeness (QED) is 0.717. The van der Waals surface area contributed by atoms with E-state index in [2.05, 4.69) is 0 Å². The normalized spacial score (nSPS) is 16.2. The molecule has 0 aromatic heterocycles. The number of hydrogen-bond acceptors (Lipinski definition) is 3. The van der Waals surface area contributed by atoms with Crippen LogP contribution < -0.4 is 4.90 Å². The second kappa shape index (κ2) is 4.61. The predicted octanol–water partition coefficient (Wildman–Crippen LogP) is 1.86. The van der Waals surface area contributed by atoms with Crippen LogP contribution in [-0.2, 0) is 4.74 Å². The summed E-state index contributed by atoms with van der Waals surface area (Å²) < 4.78 is 19.0. The van der Waals surface area contributed by atoms with E-state index < -0.39 is 0 Å². The summed E-state index contributed by atoms with van der Waals surface area (Å²) in [5.74, 6) is -0.449. The minimum atomic E-state index is -0.338. The minimum absolute atomic E-state index is 0.110. The molecule has 4 heteroatoms. The smallest absolute Gasteiger partial charge is 0.161 e. The van der Waals surface area contributed by atoms with Crippen LogP contribution in [0.2, 0.25) is 0 Å². The summed E-state index contributed by atoms with van der Waals surface area (Å²) in [7, 11) is 0. The number of halogens is 1. The van der Waals surface area contributed by atoms with Crippen molar-refractivity contribution in [3.63, 3.8) is 0 Å². The molecule has 0 atom stereocenters. The highest BCUT2D eigenvalue weighted by molar-refractivity contribution is 5.99. The Balaban J connectivity index is 2.40. The van der Waals surface area contributed by atoms with Crippen molar-refractivity contribution in [2.45, 2.75) is 6.92 Å². The zero-order valence-corrected chi connectivity index (χ0v) is 9.20. The third kappa shape index (κ3) is 2.07. The first-order valence-corrected chi connectivity index (χ1v) is 5.32. The van der Waals surface area contributed by atoms with Gasteiger partial charge in [-0.3, -0.25) is 4.79 Å². The van der Waals surface area contributed by atoms with E-state index in [4.69, 9.17) is 4.74 Å². The lowest BCUT2D eigenvalue weighted by Crippen LogP contribution is -2.37. The zero-order valence-electron chi connectivity index (χ0n) is 9.20. The van der Waals surface area contributed by atoms with Gasteiger partial charge in [-0.2, -0.15) is 0 Å². The summed E-state index contributed by atoms with van der Waals surface area (Å²) in [5, 5.41) is 0. The number of benzene rings is 1. The molecule has 2 rings (SSSR count). The van der Waals surface area contributed by atoms with E-state index in [1.54, 1.807) is 12.1 Å². The first-order valence-electron chi connectivity index (χ1n) is 5.32. The topological polar surface area (TPSA) is 29.5 Å². The van der Waals surface area contributed by atoms with Gasteiger partial charge in [0.15, 0.2) is 5.78 Å². The Morgan fingerprint density at radius 3 is 2.69 bits per heavy atom. The molecule has 1 aromatic rings. The fourth-order valence-corrected chi connectivity index (χ4v) is 1.91. The van der Waals surface area contributed by atoms with Crippen molar-refractivity contribution in [3.8, 4) is 0 Å². The van der Waals surface area contributed by atoms with Gasteiger partial charge in [0.1, 0.15) is 5.82 Å². The average Bonchev–Trinajstić information content (AvgIpc) is 2.29. The number of para-hydroxylation sites is 1. The fraction of sp³-hybridized carbons (Fsp3) is 0.417. The second-order valence-electron chi connectivity index (χ2n) is 3.79. The summed E-state index contributed by atoms with van der Waals surface area (Å²) in [4.78, 5) is 13.3. The number of ether oxygens (including phenoxy) is 1. The second-order valence-corrected chi connectivity index (χ2v) is 3.79. The van der Waals surface area contributed by atoms with Crippen LogP contribution in [0, 0.1) is 5.82 Å². The Hall–Kier alpha value is -1.42. The molecule has 1 aromatic carbocycles. The fourth-order valence-electron chi connectivity index (χ4n) is 1.91. The van der Waals surface area contributed by atoms with E-state index >= 15 is 0 Å². The number of carbonyl (C=O) groups is 1. The summed E-state index contributed by atoms with van der Waals surface area (Å²) in [6, 6.07) is 4.61. The number of anilines is 1. The molecule has 0 radical (unpaired) electrons. The lowest BCUT2D eigenvalue weighted by molar-refractivity contribution is 0.101. The summed E-state index contributed by atoms with van der Waals surface area (Å²) >= 11 is 0. The largest absolute Gasteiger partial charge is 0.378 e. The first-order chi connectivity index (χ1) is 7.70. The van der Waals surface area contributed by atoms with Crippen molar-refractivity contribution in [1.29, 1.82) is 0 Å². The van der Waals surface area contributed by atoms with Crippen molar-refractivity contribution < 1.29 is 13.9 Å². The van der Waals surface area contributed by atoms with Crippen molar-refractivity contribution in [2.75, 3.05) is 31.2 Å². The first kappa shape index (κ1) is 11.1. The van der Waals surface area contributed by atoms with Crippen molar-refractivity contribution >= 4 is 11.5 Å². The Morgan fingerprint density at radius 2 is 2.06 bits per heavy atom. The molecule has 1 saturated heterocycles. The Bertz CT molecular complexity index is 400. The molecule has 1 fully saturated rings. The molecule has 0 bridgehead atoms. The van der Waals surface area contributed by atoms with Gasteiger partial charge in [0.05, 0.1) is 18.9 Å². The van der Waals surface area contributed by atoms with Crippen LogP contribution in [0.3, 0.4) is 0 Å². The maximum atomic E-state index is 13.8. The van der Waals surface area contributed by atoms with Crippen molar-refractivity contribution in [1.82, 2.24) is 0 Å². The van der Waals surface area contributed by atoms with Crippen LogP contribution in [0.1, 0.15) is 17.3 Å². The molecule has 1 aliphatic rings. The van der Waals surface area contributed by atoms with Gasteiger partial charge in [-0.15, -0.1) is 0 Å². The number of ketones is 1. The van der Waals surface area contributed by atoms with Gasteiger partial charge < -0.3 is 9.64 Å². The molecule has 0 N–H and O–H groups in total.